The van der Waals surface area contributed by atoms with Gasteiger partial charge in [-0.15, -0.1) is 0 Å². The summed E-state index contributed by atoms with van der Waals surface area (Å²) in [6.07, 6.45) is 0. The maximum absolute atomic E-state index is 12.0. The van der Waals surface area contributed by atoms with Gasteiger partial charge in [-0.3, -0.25) is 10.1 Å². The van der Waals surface area contributed by atoms with Gasteiger partial charge in [0, 0.05) is 5.02 Å². The highest BCUT2D eigenvalue weighted by molar-refractivity contribution is 7.22. The molecule has 0 unspecified atom stereocenters. The molecule has 6 heteroatoms. The fourth-order valence-corrected chi connectivity index (χ4v) is 3.25. The zero-order chi connectivity index (χ0) is 17.1. The molecule has 0 spiro atoms. The number of thiazole rings is 1. The Morgan fingerprint density at radius 1 is 1.25 bits per heavy atom. The van der Waals surface area contributed by atoms with Gasteiger partial charge in [-0.1, -0.05) is 42.9 Å². The largest absolute Gasteiger partial charge is 0.484 e. The van der Waals surface area contributed by atoms with Gasteiger partial charge in [0.05, 0.1) is 10.2 Å². The third-order valence-corrected chi connectivity index (χ3v) is 4.69. The Morgan fingerprint density at radius 3 is 2.71 bits per heavy atom. The summed E-state index contributed by atoms with van der Waals surface area (Å²) in [5, 5.41) is 3.99. The first-order valence-corrected chi connectivity index (χ1v) is 8.79. The van der Waals surface area contributed by atoms with Crippen molar-refractivity contribution < 1.29 is 9.53 Å². The molecule has 1 amide bonds. The number of hydrogen-bond acceptors (Lipinski definition) is 4. The van der Waals surface area contributed by atoms with Crippen molar-refractivity contribution in [3.63, 3.8) is 0 Å². The second-order valence-electron chi connectivity index (χ2n) is 5.69. The van der Waals surface area contributed by atoms with Crippen molar-refractivity contribution >= 4 is 44.2 Å². The van der Waals surface area contributed by atoms with E-state index in [0.717, 1.165) is 10.2 Å². The molecule has 124 valence electrons. The van der Waals surface area contributed by atoms with Gasteiger partial charge in [-0.25, -0.2) is 4.98 Å². The van der Waals surface area contributed by atoms with Crippen LogP contribution in [0.5, 0.6) is 5.75 Å². The van der Waals surface area contributed by atoms with Crippen molar-refractivity contribution in [2.24, 2.45) is 0 Å². The van der Waals surface area contributed by atoms with Crippen LogP contribution in [0.25, 0.3) is 10.2 Å². The second-order valence-corrected chi connectivity index (χ2v) is 7.16. The van der Waals surface area contributed by atoms with Crippen molar-refractivity contribution in [3.8, 4) is 5.75 Å². The fourth-order valence-electron chi connectivity index (χ4n) is 2.19. The average molecular weight is 361 g/mol. The lowest BCUT2D eigenvalue weighted by atomic mass is 10.0. The third-order valence-electron chi connectivity index (χ3n) is 3.51. The quantitative estimate of drug-likeness (QED) is 0.689. The number of anilines is 1. The molecule has 0 bridgehead atoms. The summed E-state index contributed by atoms with van der Waals surface area (Å²) in [5.74, 6) is 0.816. The molecule has 0 aliphatic heterocycles. The summed E-state index contributed by atoms with van der Waals surface area (Å²) in [7, 11) is 0. The molecule has 1 N–H and O–H groups in total. The van der Waals surface area contributed by atoms with E-state index in [1.165, 1.54) is 16.9 Å². The van der Waals surface area contributed by atoms with Crippen LogP contribution in [-0.2, 0) is 4.79 Å². The molecule has 2 aromatic carbocycles. The van der Waals surface area contributed by atoms with Gasteiger partial charge >= 0.3 is 0 Å². The minimum Gasteiger partial charge on any atom is -0.484 e. The van der Waals surface area contributed by atoms with E-state index in [4.69, 9.17) is 16.3 Å². The van der Waals surface area contributed by atoms with Gasteiger partial charge in [0.15, 0.2) is 11.7 Å². The number of fused-ring (bicyclic) bond motifs is 1. The van der Waals surface area contributed by atoms with E-state index in [1.54, 1.807) is 24.3 Å². The van der Waals surface area contributed by atoms with Crippen molar-refractivity contribution in [2.45, 2.75) is 19.8 Å². The molecule has 4 nitrogen and oxygen atoms in total. The molecule has 1 aromatic heterocycles. The van der Waals surface area contributed by atoms with Crippen LogP contribution in [0.15, 0.2) is 42.5 Å². The topological polar surface area (TPSA) is 51.2 Å². The normalized spacial score (nSPS) is 11.0. The number of ether oxygens (including phenoxy) is 1. The van der Waals surface area contributed by atoms with Crippen LogP contribution in [0.1, 0.15) is 25.3 Å². The molecule has 0 saturated heterocycles. The lowest BCUT2D eigenvalue weighted by molar-refractivity contribution is -0.118. The molecule has 0 atom stereocenters. The molecule has 24 heavy (non-hydrogen) atoms. The first kappa shape index (κ1) is 16.7. The van der Waals surface area contributed by atoms with Crippen LogP contribution >= 0.6 is 22.9 Å². The number of hydrogen-bond donors (Lipinski definition) is 1. The number of carbonyl (C=O) groups excluding carboxylic acids is 1. The van der Waals surface area contributed by atoms with Crippen LogP contribution in [0.2, 0.25) is 5.02 Å². The average Bonchev–Trinajstić information content (AvgIpc) is 2.95. The van der Waals surface area contributed by atoms with Crippen LogP contribution in [-0.4, -0.2) is 17.5 Å². The Morgan fingerprint density at radius 2 is 2.00 bits per heavy atom. The van der Waals surface area contributed by atoms with Gasteiger partial charge in [0.25, 0.3) is 5.91 Å². The van der Waals surface area contributed by atoms with Gasteiger partial charge in [-0.05, 0) is 47.9 Å². The van der Waals surface area contributed by atoms with Gasteiger partial charge in [0.2, 0.25) is 0 Å². The number of aromatic nitrogens is 1. The Balaban J connectivity index is 1.63. The highest BCUT2D eigenvalue weighted by atomic mass is 35.5. The monoisotopic (exact) mass is 360 g/mol. The Bertz CT molecular complexity index is 859. The first-order chi connectivity index (χ1) is 11.5. The van der Waals surface area contributed by atoms with Gasteiger partial charge in [-0.2, -0.15) is 0 Å². The van der Waals surface area contributed by atoms with Gasteiger partial charge < -0.3 is 4.74 Å². The van der Waals surface area contributed by atoms with Crippen molar-refractivity contribution in [1.29, 1.82) is 0 Å². The van der Waals surface area contributed by atoms with E-state index >= 15 is 0 Å². The van der Waals surface area contributed by atoms with E-state index in [0.29, 0.717) is 21.8 Å². The number of nitrogens with one attached hydrogen (secondary N) is 1. The van der Waals surface area contributed by atoms with E-state index in [9.17, 15) is 4.79 Å². The molecule has 1 heterocycles. The van der Waals surface area contributed by atoms with E-state index in [2.05, 4.69) is 36.3 Å². The summed E-state index contributed by atoms with van der Waals surface area (Å²) in [6.45, 7) is 4.23. The maximum atomic E-state index is 12.0. The van der Waals surface area contributed by atoms with Crippen molar-refractivity contribution in [2.75, 3.05) is 11.9 Å². The lowest BCUT2D eigenvalue weighted by Gasteiger charge is -2.05. The first-order valence-electron chi connectivity index (χ1n) is 7.60. The lowest BCUT2D eigenvalue weighted by Crippen LogP contribution is -2.19. The molecule has 0 aliphatic rings. The number of nitrogens with zero attached hydrogens (tertiary/aromatic N) is 1. The predicted molar refractivity (Wildman–Crippen MR) is 99.3 cm³/mol. The highest BCUT2D eigenvalue weighted by Gasteiger charge is 2.10. The number of benzene rings is 2. The maximum Gasteiger partial charge on any atom is 0.264 e. The van der Waals surface area contributed by atoms with Gasteiger partial charge in [0.1, 0.15) is 5.75 Å². The summed E-state index contributed by atoms with van der Waals surface area (Å²) in [4.78, 5) is 16.4. The van der Waals surface area contributed by atoms with Crippen molar-refractivity contribution in [3.05, 3.63) is 53.1 Å². The number of rotatable bonds is 5. The summed E-state index contributed by atoms with van der Waals surface area (Å²) < 4.78 is 6.49. The number of amides is 1. The van der Waals surface area contributed by atoms with E-state index in [1.807, 2.05) is 6.07 Å². The molecule has 0 fully saturated rings. The molecule has 3 rings (SSSR count). The highest BCUT2D eigenvalue weighted by Crippen LogP contribution is 2.29. The summed E-state index contributed by atoms with van der Waals surface area (Å²) in [6, 6.07) is 13.1. The molecular weight excluding hydrogens is 344 g/mol. The summed E-state index contributed by atoms with van der Waals surface area (Å²) in [5.41, 5.74) is 2.15. The Kier molecular flexibility index (Phi) is 5.02. The van der Waals surface area contributed by atoms with E-state index < -0.39 is 0 Å². The zero-order valence-electron chi connectivity index (χ0n) is 13.4. The SMILES string of the molecule is CC(C)c1ccc2nc(NC(=O)COc3ccc(Cl)cc3)sc2c1. The molecule has 0 saturated carbocycles. The minimum absolute atomic E-state index is 0.0746. The molecule has 0 aliphatic carbocycles. The molecule has 0 radical (unpaired) electrons. The third kappa shape index (κ3) is 4.04. The van der Waals surface area contributed by atoms with E-state index in [-0.39, 0.29) is 12.5 Å². The van der Waals surface area contributed by atoms with Crippen LogP contribution in [0.4, 0.5) is 5.13 Å². The molecular formula is C18H17ClN2O2S. The standard InChI is InChI=1S/C18H17ClN2O2S/c1-11(2)12-3-8-15-16(9-12)24-18(20-15)21-17(22)10-23-14-6-4-13(19)5-7-14/h3-9,11H,10H2,1-2H3,(H,20,21,22). The zero-order valence-corrected chi connectivity index (χ0v) is 14.9. The number of carbonyl (C=O) groups is 1. The van der Waals surface area contributed by atoms with Crippen LogP contribution < -0.4 is 10.1 Å². The number of halogens is 1. The second kappa shape index (κ2) is 7.20. The predicted octanol–water partition coefficient (Wildman–Crippen LogP) is 5.09. The van der Waals surface area contributed by atoms with Crippen LogP contribution in [0, 0.1) is 0 Å². The Hall–Kier alpha value is -2.11. The minimum atomic E-state index is -0.243. The Labute approximate surface area is 149 Å². The van der Waals surface area contributed by atoms with Crippen molar-refractivity contribution in [1.82, 2.24) is 4.98 Å². The fraction of sp³-hybridized carbons (Fsp3) is 0.222. The summed E-state index contributed by atoms with van der Waals surface area (Å²) >= 11 is 7.27. The van der Waals surface area contributed by atoms with Crippen LogP contribution in [0.3, 0.4) is 0 Å². The smallest absolute Gasteiger partial charge is 0.264 e. The molecule has 3 aromatic rings.